The summed E-state index contributed by atoms with van der Waals surface area (Å²) in [5.74, 6) is 8.51. The Morgan fingerprint density at radius 1 is 0.970 bits per heavy atom. The minimum Gasteiger partial charge on any atom is -0.465 e. The van der Waals surface area contributed by atoms with Gasteiger partial charge < -0.3 is 10.1 Å². The number of amides is 1. The molecule has 0 atom stereocenters. The number of nitrogens with one attached hydrogen (secondary N) is 1. The number of rotatable bonds is 2. The van der Waals surface area contributed by atoms with Gasteiger partial charge in [-0.3, -0.25) is 4.79 Å². The fraction of sp³-hybridized carbons (Fsp3) is 0.231. The molecular formula is C26H20F3NO3. The topological polar surface area (TPSA) is 55.4 Å². The molecule has 2 aromatic rings. The molecule has 33 heavy (non-hydrogen) atoms. The van der Waals surface area contributed by atoms with Gasteiger partial charge in [0, 0.05) is 5.56 Å². The molecule has 1 N–H and O–H groups in total. The minimum atomic E-state index is -5.11. The third-order valence-corrected chi connectivity index (χ3v) is 4.82. The number of hydrogen-bond acceptors (Lipinski definition) is 3. The van der Waals surface area contributed by atoms with E-state index < -0.39 is 18.1 Å². The maximum Gasteiger partial charge on any atom is 0.471 e. The first-order valence-corrected chi connectivity index (χ1v) is 10.2. The van der Waals surface area contributed by atoms with Crippen molar-refractivity contribution in [3.63, 3.8) is 0 Å². The second-order valence-electron chi connectivity index (χ2n) is 7.23. The van der Waals surface area contributed by atoms with Crippen LogP contribution in [0.1, 0.15) is 52.7 Å². The van der Waals surface area contributed by atoms with Gasteiger partial charge in [-0.2, -0.15) is 13.2 Å². The molecule has 168 valence electrons. The summed E-state index contributed by atoms with van der Waals surface area (Å²) in [5, 5.41) is 1.89. The van der Waals surface area contributed by atoms with Crippen LogP contribution in [-0.4, -0.2) is 25.2 Å². The lowest BCUT2D eigenvalue weighted by Gasteiger charge is -2.13. The van der Waals surface area contributed by atoms with Crippen molar-refractivity contribution in [2.24, 2.45) is 0 Å². The van der Waals surface area contributed by atoms with Crippen molar-refractivity contribution in [1.29, 1.82) is 0 Å². The van der Waals surface area contributed by atoms with Crippen molar-refractivity contribution >= 4 is 17.6 Å². The highest BCUT2D eigenvalue weighted by molar-refractivity contribution is 5.99. The van der Waals surface area contributed by atoms with E-state index in [1.54, 1.807) is 30.3 Å². The summed E-state index contributed by atoms with van der Waals surface area (Å²) in [6, 6.07) is 11.3. The molecule has 0 unspecified atom stereocenters. The molecule has 0 fully saturated rings. The van der Waals surface area contributed by atoms with E-state index in [1.165, 1.54) is 19.2 Å². The molecule has 0 saturated carbocycles. The average Bonchev–Trinajstić information content (AvgIpc) is 2.82. The number of anilines is 1. The summed E-state index contributed by atoms with van der Waals surface area (Å²) in [7, 11) is 1.19. The number of methoxy groups -OCH3 is 1. The molecule has 0 bridgehead atoms. The second-order valence-corrected chi connectivity index (χ2v) is 7.23. The van der Waals surface area contributed by atoms with Crippen LogP contribution in [0.4, 0.5) is 18.9 Å². The van der Waals surface area contributed by atoms with E-state index >= 15 is 0 Å². The third-order valence-electron chi connectivity index (χ3n) is 4.82. The number of allylic oxidation sites excluding steroid dienone is 2. The summed E-state index contributed by atoms with van der Waals surface area (Å²) < 4.78 is 43.8. The maximum absolute atomic E-state index is 13.0. The van der Waals surface area contributed by atoms with E-state index in [-0.39, 0.29) is 22.4 Å². The Morgan fingerprint density at radius 3 is 2.21 bits per heavy atom. The van der Waals surface area contributed by atoms with Crippen molar-refractivity contribution in [2.45, 2.75) is 31.9 Å². The van der Waals surface area contributed by atoms with E-state index in [0.29, 0.717) is 5.56 Å². The first-order chi connectivity index (χ1) is 15.8. The van der Waals surface area contributed by atoms with Crippen LogP contribution in [0.25, 0.3) is 0 Å². The van der Waals surface area contributed by atoms with Gasteiger partial charge >= 0.3 is 18.1 Å². The Morgan fingerprint density at radius 2 is 1.64 bits per heavy atom. The van der Waals surface area contributed by atoms with Crippen LogP contribution in [-0.2, 0) is 9.53 Å². The molecule has 3 rings (SSSR count). The largest absolute Gasteiger partial charge is 0.471 e. The Labute approximate surface area is 189 Å². The van der Waals surface area contributed by atoms with Crippen LogP contribution >= 0.6 is 0 Å². The van der Waals surface area contributed by atoms with Crippen LogP contribution in [0.15, 0.2) is 54.1 Å². The monoisotopic (exact) mass is 451 g/mol. The maximum atomic E-state index is 13.0. The van der Waals surface area contributed by atoms with E-state index in [4.69, 9.17) is 4.74 Å². The van der Waals surface area contributed by atoms with Crippen molar-refractivity contribution in [1.82, 2.24) is 0 Å². The Balaban J connectivity index is 2.18. The lowest BCUT2D eigenvalue weighted by molar-refractivity contribution is -0.167. The average molecular weight is 451 g/mol. The normalized spacial score (nSPS) is 12.9. The molecule has 0 radical (unpaired) electrons. The van der Waals surface area contributed by atoms with Crippen molar-refractivity contribution < 1.29 is 27.5 Å². The quantitative estimate of drug-likeness (QED) is 0.503. The first-order valence-electron chi connectivity index (χ1n) is 10.2. The lowest BCUT2D eigenvalue weighted by atomic mass is 9.98. The zero-order valence-corrected chi connectivity index (χ0v) is 17.8. The molecule has 1 aliphatic rings. The van der Waals surface area contributed by atoms with E-state index in [2.05, 4.69) is 23.7 Å². The predicted octanol–water partition coefficient (Wildman–Crippen LogP) is 5.23. The van der Waals surface area contributed by atoms with Gasteiger partial charge in [0.05, 0.1) is 29.5 Å². The van der Waals surface area contributed by atoms with Crippen LogP contribution in [0.5, 0.6) is 0 Å². The van der Waals surface area contributed by atoms with Gasteiger partial charge in [-0.1, -0.05) is 48.0 Å². The van der Waals surface area contributed by atoms with E-state index in [0.717, 1.165) is 31.3 Å². The molecule has 0 spiro atoms. The smallest absolute Gasteiger partial charge is 0.465 e. The Kier molecular flexibility index (Phi) is 7.58. The number of halogens is 3. The standard InChI is InChI=1S/C26H20F3NO3/c1-33-24(31)22-16-20(14-12-18-8-4-2-5-9-18)23(30-25(32)26(27,28)29)21(17-22)15-13-19-10-6-3-7-11-19/h2,4-5,8-10,16-17H,3,6-7,11H2,1H3,(H,30,32). The fourth-order valence-corrected chi connectivity index (χ4v) is 3.15. The number of benzene rings is 2. The zero-order chi connectivity index (χ0) is 23.8. The number of carbonyl (C=O) groups excluding carboxylic acids is 2. The van der Waals surface area contributed by atoms with Crippen molar-refractivity contribution in [3.05, 3.63) is 76.4 Å². The molecule has 7 heteroatoms. The highest BCUT2D eigenvalue weighted by Gasteiger charge is 2.39. The third kappa shape index (κ3) is 6.51. The summed E-state index contributed by atoms with van der Waals surface area (Å²) in [6.45, 7) is 0. The number of ether oxygens (including phenoxy) is 1. The molecule has 0 heterocycles. The van der Waals surface area contributed by atoms with E-state index in [9.17, 15) is 22.8 Å². The van der Waals surface area contributed by atoms with Gasteiger partial charge in [-0.25, -0.2) is 4.79 Å². The number of carbonyl (C=O) groups is 2. The summed E-state index contributed by atoms with van der Waals surface area (Å²) >= 11 is 0. The van der Waals surface area contributed by atoms with Crippen LogP contribution in [0.2, 0.25) is 0 Å². The van der Waals surface area contributed by atoms with Crippen LogP contribution in [0, 0.1) is 23.7 Å². The summed E-state index contributed by atoms with van der Waals surface area (Å²) in [5.41, 5.74) is 1.36. The SMILES string of the molecule is COC(=O)c1cc(C#CC2=CCCCC2)c(NC(=O)C(F)(F)F)c(C#Cc2ccccc2)c1. The molecule has 0 aliphatic heterocycles. The van der Waals surface area contributed by atoms with Crippen molar-refractivity contribution in [3.8, 4) is 23.7 Å². The number of alkyl halides is 3. The zero-order valence-electron chi connectivity index (χ0n) is 17.8. The first kappa shape index (κ1) is 23.7. The lowest BCUT2D eigenvalue weighted by Crippen LogP contribution is -2.30. The molecule has 2 aromatic carbocycles. The van der Waals surface area contributed by atoms with Gasteiger partial charge in [0.15, 0.2) is 0 Å². The Bertz CT molecular complexity index is 1210. The van der Waals surface area contributed by atoms with Gasteiger partial charge in [0.2, 0.25) is 0 Å². The van der Waals surface area contributed by atoms with Crippen LogP contribution < -0.4 is 5.32 Å². The van der Waals surface area contributed by atoms with E-state index in [1.807, 2.05) is 11.4 Å². The molecule has 0 saturated heterocycles. The van der Waals surface area contributed by atoms with Gasteiger partial charge in [0.1, 0.15) is 0 Å². The van der Waals surface area contributed by atoms with Gasteiger partial charge in [-0.05, 0) is 55.5 Å². The molecular weight excluding hydrogens is 431 g/mol. The second kappa shape index (κ2) is 10.6. The summed E-state index contributed by atoms with van der Waals surface area (Å²) in [4.78, 5) is 24.0. The predicted molar refractivity (Wildman–Crippen MR) is 118 cm³/mol. The van der Waals surface area contributed by atoms with Gasteiger partial charge in [-0.15, -0.1) is 0 Å². The number of esters is 1. The highest BCUT2D eigenvalue weighted by atomic mass is 19.4. The molecule has 1 aliphatic carbocycles. The number of hydrogen-bond donors (Lipinski definition) is 1. The fourth-order valence-electron chi connectivity index (χ4n) is 3.15. The Hall–Kier alpha value is -3.97. The molecule has 1 amide bonds. The summed E-state index contributed by atoms with van der Waals surface area (Å²) in [6.07, 6.45) is 0.516. The van der Waals surface area contributed by atoms with Gasteiger partial charge in [0.25, 0.3) is 0 Å². The molecule has 4 nitrogen and oxygen atoms in total. The van der Waals surface area contributed by atoms with Crippen LogP contribution in [0.3, 0.4) is 0 Å². The van der Waals surface area contributed by atoms with Crippen molar-refractivity contribution in [2.75, 3.05) is 12.4 Å². The minimum absolute atomic E-state index is 0.0151. The molecule has 0 aromatic heterocycles. The highest BCUT2D eigenvalue weighted by Crippen LogP contribution is 2.27.